The first-order valence-electron chi connectivity index (χ1n) is 8.17. The lowest BCUT2D eigenvalue weighted by Gasteiger charge is -2.37. The zero-order chi connectivity index (χ0) is 17.3. The van der Waals surface area contributed by atoms with Crippen molar-refractivity contribution in [3.63, 3.8) is 0 Å². The van der Waals surface area contributed by atoms with E-state index >= 15 is 0 Å². The number of rotatable bonds is 3. The van der Waals surface area contributed by atoms with E-state index in [0.717, 1.165) is 11.4 Å². The van der Waals surface area contributed by atoms with Crippen molar-refractivity contribution in [1.82, 2.24) is 10.3 Å². The number of carboxylic acid groups (broad SMARTS) is 1. The first kappa shape index (κ1) is 16.4. The van der Waals surface area contributed by atoms with Crippen LogP contribution in [-0.2, 0) is 14.4 Å². The van der Waals surface area contributed by atoms with E-state index < -0.39 is 11.4 Å². The molecular weight excluding hydrogens is 310 g/mol. The molecule has 2 saturated heterocycles. The highest BCUT2D eigenvalue weighted by atomic mass is 16.4. The molecule has 3 heterocycles. The number of hydrogen-bond donors (Lipinski definition) is 2. The highest BCUT2D eigenvalue weighted by molar-refractivity contribution is 6.00. The van der Waals surface area contributed by atoms with Gasteiger partial charge in [-0.1, -0.05) is 6.07 Å². The van der Waals surface area contributed by atoms with E-state index in [0.29, 0.717) is 38.8 Å². The van der Waals surface area contributed by atoms with E-state index in [4.69, 9.17) is 0 Å². The van der Waals surface area contributed by atoms with Crippen LogP contribution < -0.4 is 10.2 Å². The third-order valence-electron chi connectivity index (χ3n) is 5.12. The lowest BCUT2D eigenvalue weighted by Crippen LogP contribution is -2.43. The van der Waals surface area contributed by atoms with Crippen LogP contribution in [0.3, 0.4) is 0 Å². The molecule has 3 rings (SSSR count). The van der Waals surface area contributed by atoms with Gasteiger partial charge in [0.25, 0.3) is 0 Å². The Morgan fingerprint density at radius 1 is 1.33 bits per heavy atom. The fourth-order valence-electron chi connectivity index (χ4n) is 3.25. The number of pyridine rings is 1. The molecule has 2 amide bonds. The lowest BCUT2D eigenvalue weighted by atomic mass is 9.80. The Labute approximate surface area is 140 Å². The molecule has 1 aromatic heterocycles. The van der Waals surface area contributed by atoms with Crippen LogP contribution in [0.1, 0.15) is 44.1 Å². The summed E-state index contributed by atoms with van der Waals surface area (Å²) in [5.74, 6) is -0.783. The van der Waals surface area contributed by atoms with Crippen LogP contribution >= 0.6 is 0 Å². The third kappa shape index (κ3) is 3.11. The number of aliphatic carboxylic acids is 1. The normalized spacial score (nSPS) is 23.7. The predicted molar refractivity (Wildman–Crippen MR) is 86.6 cm³/mol. The maximum absolute atomic E-state index is 11.9. The van der Waals surface area contributed by atoms with Crippen molar-refractivity contribution in [3.8, 4) is 0 Å². The van der Waals surface area contributed by atoms with E-state index in [-0.39, 0.29) is 17.7 Å². The molecule has 0 spiro atoms. The molecule has 0 radical (unpaired) electrons. The van der Waals surface area contributed by atoms with Gasteiger partial charge in [-0.3, -0.25) is 19.7 Å². The molecule has 1 atom stereocenters. The summed E-state index contributed by atoms with van der Waals surface area (Å²) in [6, 6.07) is 3.73. The Morgan fingerprint density at radius 3 is 2.58 bits per heavy atom. The smallest absolute Gasteiger partial charge is 0.309 e. The van der Waals surface area contributed by atoms with Gasteiger partial charge in [0, 0.05) is 25.7 Å². The largest absolute Gasteiger partial charge is 0.481 e. The minimum atomic E-state index is -0.747. The van der Waals surface area contributed by atoms with Gasteiger partial charge in [0.05, 0.1) is 11.3 Å². The summed E-state index contributed by atoms with van der Waals surface area (Å²) < 4.78 is 0. The molecule has 1 aromatic rings. The number of carboxylic acids is 1. The number of hydrogen-bond acceptors (Lipinski definition) is 5. The standard InChI is InChI=1S/C17H21N3O4/c1-17(16(23)24)6-8-20(9-7-17)13-4-2-11(10-18-13)12-3-5-14(21)19-15(12)22/h2,4,10,12H,3,5-9H2,1H3,(H,23,24)(H,19,21,22). The fraction of sp³-hybridized carbons (Fsp3) is 0.529. The molecule has 1 unspecified atom stereocenters. The van der Waals surface area contributed by atoms with Gasteiger partial charge in [0.15, 0.2) is 0 Å². The summed E-state index contributed by atoms with van der Waals surface area (Å²) >= 11 is 0. The Kier molecular flexibility index (Phi) is 4.26. The number of carbonyl (C=O) groups is 3. The van der Waals surface area contributed by atoms with Crippen molar-refractivity contribution < 1.29 is 19.5 Å². The second kappa shape index (κ2) is 6.22. The van der Waals surface area contributed by atoms with Gasteiger partial charge in [-0.15, -0.1) is 0 Å². The van der Waals surface area contributed by atoms with Crippen LogP contribution in [0.4, 0.5) is 5.82 Å². The first-order chi connectivity index (χ1) is 11.4. The highest BCUT2D eigenvalue weighted by Gasteiger charge is 2.37. The van der Waals surface area contributed by atoms with E-state index in [1.807, 2.05) is 12.1 Å². The maximum atomic E-state index is 11.9. The summed E-state index contributed by atoms with van der Waals surface area (Å²) in [4.78, 5) is 40.9. The minimum absolute atomic E-state index is 0.226. The first-order valence-corrected chi connectivity index (χ1v) is 8.17. The molecule has 24 heavy (non-hydrogen) atoms. The lowest BCUT2D eigenvalue weighted by molar-refractivity contribution is -0.149. The number of imide groups is 1. The minimum Gasteiger partial charge on any atom is -0.481 e. The molecule has 2 fully saturated rings. The van der Waals surface area contributed by atoms with E-state index in [1.54, 1.807) is 13.1 Å². The Morgan fingerprint density at radius 2 is 2.04 bits per heavy atom. The average Bonchev–Trinajstić information content (AvgIpc) is 2.56. The molecule has 7 nitrogen and oxygen atoms in total. The quantitative estimate of drug-likeness (QED) is 0.810. The van der Waals surface area contributed by atoms with Crippen molar-refractivity contribution in [2.45, 2.75) is 38.5 Å². The molecule has 0 aromatic carbocycles. The molecular formula is C17H21N3O4. The zero-order valence-corrected chi connectivity index (χ0v) is 13.6. The van der Waals surface area contributed by atoms with Gasteiger partial charge in [0.1, 0.15) is 5.82 Å². The molecule has 0 saturated carbocycles. The van der Waals surface area contributed by atoms with Crippen LogP contribution in [0.15, 0.2) is 18.3 Å². The topological polar surface area (TPSA) is 99.6 Å². The van der Waals surface area contributed by atoms with Crippen molar-refractivity contribution in [2.24, 2.45) is 5.41 Å². The Bertz CT molecular complexity index is 663. The second-order valence-electron chi connectivity index (χ2n) is 6.81. The number of amides is 2. The number of anilines is 1. The Hall–Kier alpha value is -2.44. The predicted octanol–water partition coefficient (Wildman–Crippen LogP) is 1.29. The van der Waals surface area contributed by atoms with Crippen LogP contribution in [0, 0.1) is 5.41 Å². The van der Waals surface area contributed by atoms with Gasteiger partial charge in [0.2, 0.25) is 11.8 Å². The van der Waals surface area contributed by atoms with Gasteiger partial charge in [-0.05, 0) is 37.8 Å². The van der Waals surface area contributed by atoms with Crippen LogP contribution in [-0.4, -0.2) is 41.0 Å². The summed E-state index contributed by atoms with van der Waals surface area (Å²) in [6.07, 6.45) is 3.70. The highest BCUT2D eigenvalue weighted by Crippen LogP contribution is 2.33. The summed E-state index contributed by atoms with van der Waals surface area (Å²) in [5.41, 5.74) is 0.138. The van der Waals surface area contributed by atoms with Gasteiger partial charge in [-0.2, -0.15) is 0 Å². The van der Waals surface area contributed by atoms with Crippen molar-refractivity contribution in [2.75, 3.05) is 18.0 Å². The Balaban J connectivity index is 1.66. The molecule has 0 bridgehead atoms. The average molecular weight is 331 g/mol. The third-order valence-corrected chi connectivity index (χ3v) is 5.12. The zero-order valence-electron chi connectivity index (χ0n) is 13.6. The van der Waals surface area contributed by atoms with E-state index in [1.165, 1.54) is 0 Å². The number of nitrogens with one attached hydrogen (secondary N) is 1. The van der Waals surface area contributed by atoms with Gasteiger partial charge < -0.3 is 10.0 Å². The SMILES string of the molecule is CC1(C(=O)O)CCN(c2ccc(C3CCC(=O)NC3=O)cn2)CC1. The second-order valence-corrected chi connectivity index (χ2v) is 6.81. The van der Waals surface area contributed by atoms with Crippen molar-refractivity contribution >= 4 is 23.6 Å². The summed E-state index contributed by atoms with van der Waals surface area (Å²) in [7, 11) is 0. The maximum Gasteiger partial charge on any atom is 0.309 e. The monoisotopic (exact) mass is 331 g/mol. The van der Waals surface area contributed by atoms with E-state index in [2.05, 4.69) is 15.2 Å². The molecule has 0 aliphatic carbocycles. The number of carbonyl (C=O) groups excluding carboxylic acids is 2. The fourth-order valence-corrected chi connectivity index (χ4v) is 3.25. The van der Waals surface area contributed by atoms with Gasteiger partial charge in [-0.25, -0.2) is 4.98 Å². The molecule has 128 valence electrons. The van der Waals surface area contributed by atoms with Crippen LogP contribution in [0.2, 0.25) is 0 Å². The molecule has 2 aliphatic rings. The van der Waals surface area contributed by atoms with Crippen LogP contribution in [0.5, 0.6) is 0 Å². The molecule has 7 heteroatoms. The summed E-state index contributed by atoms with van der Waals surface area (Å²) in [5, 5.41) is 11.6. The van der Waals surface area contributed by atoms with Crippen molar-refractivity contribution in [1.29, 1.82) is 0 Å². The number of aromatic nitrogens is 1. The summed E-state index contributed by atoms with van der Waals surface area (Å²) in [6.45, 7) is 3.08. The number of nitrogens with zero attached hydrogens (tertiary/aromatic N) is 2. The van der Waals surface area contributed by atoms with Crippen molar-refractivity contribution in [3.05, 3.63) is 23.9 Å². The van der Waals surface area contributed by atoms with Gasteiger partial charge >= 0.3 is 5.97 Å². The van der Waals surface area contributed by atoms with E-state index in [9.17, 15) is 19.5 Å². The molecule has 2 N–H and O–H groups in total. The van der Waals surface area contributed by atoms with Crippen LogP contribution in [0.25, 0.3) is 0 Å². The molecule has 2 aliphatic heterocycles. The number of piperidine rings is 2.